The lowest BCUT2D eigenvalue weighted by molar-refractivity contribution is -0.123. The summed E-state index contributed by atoms with van der Waals surface area (Å²) in [6.07, 6.45) is 2.91. The molecule has 2 N–H and O–H groups in total. The van der Waals surface area contributed by atoms with E-state index in [2.05, 4.69) is 29.4 Å². The van der Waals surface area contributed by atoms with E-state index in [4.69, 9.17) is 0 Å². The minimum atomic E-state index is 0.250. The number of likely N-dealkylation sites (tertiary alicyclic amines) is 1. The number of carbonyl (C=O) groups excluding carboxylic acids is 1. The number of nitrogens with one attached hydrogen (secondary N) is 2. The zero-order chi connectivity index (χ0) is 12.3. The molecular formula is C13H25N3O. The van der Waals surface area contributed by atoms with E-state index in [1.165, 1.54) is 0 Å². The highest BCUT2D eigenvalue weighted by atomic mass is 16.1. The van der Waals surface area contributed by atoms with E-state index in [1.807, 2.05) is 0 Å². The molecule has 0 aromatic carbocycles. The van der Waals surface area contributed by atoms with Gasteiger partial charge in [0.15, 0.2) is 0 Å². The Labute approximate surface area is 104 Å². The van der Waals surface area contributed by atoms with Crippen molar-refractivity contribution in [3.8, 4) is 0 Å². The largest absolute Gasteiger partial charge is 0.353 e. The maximum Gasteiger partial charge on any atom is 0.220 e. The summed E-state index contributed by atoms with van der Waals surface area (Å²) >= 11 is 0. The van der Waals surface area contributed by atoms with E-state index in [1.54, 1.807) is 0 Å². The summed E-state index contributed by atoms with van der Waals surface area (Å²) in [5.41, 5.74) is 0. The van der Waals surface area contributed by atoms with Crippen LogP contribution in [0.1, 0.15) is 33.1 Å². The number of nitrogens with zero attached hydrogens (tertiary/aromatic N) is 1. The van der Waals surface area contributed by atoms with Crippen molar-refractivity contribution in [2.45, 2.75) is 45.2 Å². The monoisotopic (exact) mass is 239 g/mol. The Hall–Kier alpha value is -0.610. The second-order valence-corrected chi connectivity index (χ2v) is 5.70. The molecule has 1 amide bonds. The lowest BCUT2D eigenvalue weighted by Crippen LogP contribution is -2.49. The summed E-state index contributed by atoms with van der Waals surface area (Å²) in [4.78, 5) is 14.3. The van der Waals surface area contributed by atoms with Crippen LogP contribution in [0.4, 0.5) is 0 Å². The second kappa shape index (κ2) is 5.83. The molecule has 0 aromatic rings. The molecule has 0 spiro atoms. The average molecular weight is 239 g/mol. The van der Waals surface area contributed by atoms with Crippen molar-refractivity contribution in [2.24, 2.45) is 5.92 Å². The molecule has 98 valence electrons. The van der Waals surface area contributed by atoms with Crippen molar-refractivity contribution < 1.29 is 4.79 Å². The summed E-state index contributed by atoms with van der Waals surface area (Å²) in [6.45, 7) is 8.74. The highest BCUT2D eigenvalue weighted by Crippen LogP contribution is 2.14. The van der Waals surface area contributed by atoms with Gasteiger partial charge in [0.1, 0.15) is 0 Å². The van der Waals surface area contributed by atoms with Gasteiger partial charge in [0.05, 0.1) is 0 Å². The van der Waals surface area contributed by atoms with Crippen molar-refractivity contribution >= 4 is 5.91 Å². The van der Waals surface area contributed by atoms with Crippen LogP contribution in [0, 0.1) is 5.92 Å². The Kier molecular flexibility index (Phi) is 4.40. The molecule has 4 nitrogen and oxygen atoms in total. The van der Waals surface area contributed by atoms with Gasteiger partial charge in [-0.15, -0.1) is 0 Å². The zero-order valence-corrected chi connectivity index (χ0v) is 11.0. The summed E-state index contributed by atoms with van der Waals surface area (Å²) < 4.78 is 0. The van der Waals surface area contributed by atoms with Gasteiger partial charge >= 0.3 is 0 Å². The van der Waals surface area contributed by atoms with Crippen molar-refractivity contribution in [3.05, 3.63) is 0 Å². The Morgan fingerprint density at radius 3 is 2.47 bits per heavy atom. The lowest BCUT2D eigenvalue weighted by Gasteiger charge is -2.35. The molecule has 0 aromatic heterocycles. The van der Waals surface area contributed by atoms with Gasteiger partial charge in [0, 0.05) is 31.6 Å². The number of amides is 1. The highest BCUT2D eigenvalue weighted by Gasteiger charge is 2.24. The summed E-state index contributed by atoms with van der Waals surface area (Å²) in [6, 6.07) is 1.04. The maximum absolute atomic E-state index is 11.8. The van der Waals surface area contributed by atoms with Gasteiger partial charge < -0.3 is 15.5 Å². The standard InChI is InChI=1S/C13H25N3O/c1-10(2)16-5-3-12(4-6-16)15-13(17)7-11-8-14-9-11/h10-12,14H,3-9H2,1-2H3,(H,15,17). The van der Waals surface area contributed by atoms with Crippen LogP contribution < -0.4 is 10.6 Å². The molecule has 4 heteroatoms. The van der Waals surface area contributed by atoms with Gasteiger partial charge in [-0.1, -0.05) is 0 Å². The summed E-state index contributed by atoms with van der Waals surface area (Å²) in [7, 11) is 0. The number of hydrogen-bond acceptors (Lipinski definition) is 3. The van der Waals surface area contributed by atoms with Gasteiger partial charge in [0.2, 0.25) is 5.91 Å². The van der Waals surface area contributed by atoms with E-state index in [-0.39, 0.29) is 5.91 Å². The van der Waals surface area contributed by atoms with Crippen LogP contribution >= 0.6 is 0 Å². The first-order valence-corrected chi connectivity index (χ1v) is 6.89. The van der Waals surface area contributed by atoms with E-state index >= 15 is 0 Å². The average Bonchev–Trinajstić information content (AvgIpc) is 2.24. The molecule has 0 radical (unpaired) electrons. The molecule has 17 heavy (non-hydrogen) atoms. The van der Waals surface area contributed by atoms with E-state index in [9.17, 15) is 4.79 Å². The van der Waals surface area contributed by atoms with Gasteiger partial charge in [-0.05, 0) is 45.7 Å². The minimum absolute atomic E-state index is 0.250. The first-order valence-electron chi connectivity index (χ1n) is 6.89. The molecule has 0 unspecified atom stereocenters. The Balaban J connectivity index is 1.65. The molecule has 2 rings (SSSR count). The summed E-state index contributed by atoms with van der Waals surface area (Å²) in [5.74, 6) is 0.824. The van der Waals surface area contributed by atoms with Gasteiger partial charge in [0.25, 0.3) is 0 Å². The second-order valence-electron chi connectivity index (χ2n) is 5.70. The zero-order valence-electron chi connectivity index (χ0n) is 11.0. The molecule has 2 heterocycles. The first kappa shape index (κ1) is 12.8. The molecule has 2 aliphatic heterocycles. The maximum atomic E-state index is 11.8. The van der Waals surface area contributed by atoms with E-state index < -0.39 is 0 Å². The third-order valence-corrected chi connectivity index (χ3v) is 3.97. The van der Waals surface area contributed by atoms with Crippen LogP contribution in [0.5, 0.6) is 0 Å². The molecule has 0 aliphatic carbocycles. The third kappa shape index (κ3) is 3.68. The first-order chi connectivity index (χ1) is 8.15. The van der Waals surface area contributed by atoms with Crippen LogP contribution in [0.25, 0.3) is 0 Å². The van der Waals surface area contributed by atoms with E-state index in [0.717, 1.165) is 39.0 Å². The number of piperidine rings is 1. The number of hydrogen-bond donors (Lipinski definition) is 2. The van der Waals surface area contributed by atoms with E-state index in [0.29, 0.717) is 24.4 Å². The fraction of sp³-hybridized carbons (Fsp3) is 0.923. The fourth-order valence-electron chi connectivity index (χ4n) is 2.60. The predicted molar refractivity (Wildman–Crippen MR) is 68.9 cm³/mol. The van der Waals surface area contributed by atoms with Crippen LogP contribution in [0.2, 0.25) is 0 Å². The topological polar surface area (TPSA) is 44.4 Å². The van der Waals surface area contributed by atoms with Gasteiger partial charge in [-0.25, -0.2) is 0 Å². The number of carbonyl (C=O) groups is 1. The SMILES string of the molecule is CC(C)N1CCC(NC(=O)CC2CNC2)CC1. The van der Waals surface area contributed by atoms with Gasteiger partial charge in [-0.3, -0.25) is 4.79 Å². The molecule has 2 aliphatic rings. The van der Waals surface area contributed by atoms with Crippen LogP contribution in [-0.4, -0.2) is 49.1 Å². The van der Waals surface area contributed by atoms with Crippen LogP contribution in [-0.2, 0) is 4.79 Å². The minimum Gasteiger partial charge on any atom is -0.353 e. The predicted octanol–water partition coefficient (Wildman–Crippen LogP) is 0.585. The molecule has 0 atom stereocenters. The van der Waals surface area contributed by atoms with Crippen molar-refractivity contribution in [1.82, 2.24) is 15.5 Å². The van der Waals surface area contributed by atoms with Crippen molar-refractivity contribution in [3.63, 3.8) is 0 Å². The van der Waals surface area contributed by atoms with Crippen molar-refractivity contribution in [1.29, 1.82) is 0 Å². The number of rotatable bonds is 4. The fourth-order valence-corrected chi connectivity index (χ4v) is 2.60. The van der Waals surface area contributed by atoms with Gasteiger partial charge in [-0.2, -0.15) is 0 Å². The molecule has 2 saturated heterocycles. The molecule has 2 fully saturated rings. The quantitative estimate of drug-likeness (QED) is 0.754. The molecule has 0 saturated carbocycles. The molecule has 0 bridgehead atoms. The van der Waals surface area contributed by atoms with Crippen LogP contribution in [0.15, 0.2) is 0 Å². The Morgan fingerprint density at radius 2 is 2.00 bits per heavy atom. The smallest absolute Gasteiger partial charge is 0.220 e. The highest BCUT2D eigenvalue weighted by molar-refractivity contribution is 5.76. The summed E-state index contributed by atoms with van der Waals surface area (Å²) in [5, 5.41) is 6.39. The Morgan fingerprint density at radius 1 is 1.35 bits per heavy atom. The third-order valence-electron chi connectivity index (χ3n) is 3.97. The lowest BCUT2D eigenvalue weighted by atomic mass is 9.98. The molecular weight excluding hydrogens is 214 g/mol. The Bertz CT molecular complexity index is 255. The normalized spacial score (nSPS) is 23.7. The van der Waals surface area contributed by atoms with Crippen LogP contribution in [0.3, 0.4) is 0 Å². The van der Waals surface area contributed by atoms with Crippen molar-refractivity contribution in [2.75, 3.05) is 26.2 Å².